The largest absolute Gasteiger partial charge is 0.329 e. The van der Waals surface area contributed by atoms with Crippen molar-refractivity contribution < 1.29 is 13.3 Å². The number of hydrogen-bond donors (Lipinski definition) is 1. The number of rotatable bonds is 5. The highest BCUT2D eigenvalue weighted by molar-refractivity contribution is 7.89. The summed E-state index contributed by atoms with van der Waals surface area (Å²) in [5, 5.41) is 11.1. The molecule has 0 aliphatic heterocycles. The molecule has 2 rings (SSSR count). The van der Waals surface area contributed by atoms with Gasteiger partial charge in [0.05, 0.1) is 4.92 Å². The molecular formula is C14H21N3O4S. The number of sulfonamides is 1. The number of benzene rings is 1. The molecule has 1 aromatic carbocycles. The highest BCUT2D eigenvalue weighted by Gasteiger charge is 2.43. The Labute approximate surface area is 130 Å². The van der Waals surface area contributed by atoms with Crippen molar-refractivity contribution in [1.82, 2.24) is 4.31 Å². The molecule has 1 aromatic rings. The van der Waals surface area contributed by atoms with Crippen LogP contribution in [-0.4, -0.2) is 36.8 Å². The van der Waals surface area contributed by atoms with Crippen molar-refractivity contribution in [3.05, 3.63) is 34.4 Å². The Morgan fingerprint density at radius 3 is 2.41 bits per heavy atom. The van der Waals surface area contributed by atoms with Gasteiger partial charge in [-0.15, -0.1) is 0 Å². The van der Waals surface area contributed by atoms with Gasteiger partial charge in [0.1, 0.15) is 0 Å². The molecule has 122 valence electrons. The molecule has 0 amide bonds. The fourth-order valence-corrected chi connectivity index (χ4v) is 4.81. The van der Waals surface area contributed by atoms with Crippen LogP contribution in [0.3, 0.4) is 0 Å². The van der Waals surface area contributed by atoms with E-state index in [2.05, 4.69) is 0 Å². The van der Waals surface area contributed by atoms with Gasteiger partial charge in [-0.2, -0.15) is 4.31 Å². The molecule has 0 aromatic heterocycles. The van der Waals surface area contributed by atoms with E-state index in [1.807, 2.05) is 0 Å². The van der Waals surface area contributed by atoms with E-state index in [1.54, 1.807) is 0 Å². The van der Waals surface area contributed by atoms with Crippen molar-refractivity contribution >= 4 is 15.7 Å². The molecule has 0 atom stereocenters. The van der Waals surface area contributed by atoms with Crippen LogP contribution in [0.25, 0.3) is 0 Å². The third-order valence-corrected chi connectivity index (χ3v) is 6.54. The standard InChI is InChI=1S/C14H21N3O4S/c1-16(14(11-15)9-5-2-6-10-14)22(20,21)13-8-4-3-7-12(13)17(18)19/h3-4,7-8H,2,5-6,9-11,15H2,1H3. The first kappa shape index (κ1) is 16.9. The van der Waals surface area contributed by atoms with Gasteiger partial charge in [0.2, 0.25) is 10.0 Å². The lowest BCUT2D eigenvalue weighted by Crippen LogP contribution is -2.55. The normalized spacial score (nSPS) is 18.3. The number of para-hydroxylation sites is 1. The van der Waals surface area contributed by atoms with E-state index in [0.717, 1.165) is 19.3 Å². The summed E-state index contributed by atoms with van der Waals surface area (Å²) < 4.78 is 27.0. The lowest BCUT2D eigenvalue weighted by atomic mass is 9.82. The second-order valence-corrected chi connectivity index (χ2v) is 7.62. The first-order valence-electron chi connectivity index (χ1n) is 7.28. The monoisotopic (exact) mass is 327 g/mol. The maximum absolute atomic E-state index is 12.9. The third-order valence-electron chi connectivity index (χ3n) is 4.53. The lowest BCUT2D eigenvalue weighted by molar-refractivity contribution is -0.387. The average Bonchev–Trinajstić information content (AvgIpc) is 2.54. The molecule has 0 saturated heterocycles. The Hall–Kier alpha value is -1.51. The summed E-state index contributed by atoms with van der Waals surface area (Å²) in [5.41, 5.74) is 4.81. The predicted molar refractivity (Wildman–Crippen MR) is 82.9 cm³/mol. The van der Waals surface area contributed by atoms with Gasteiger partial charge in [0.25, 0.3) is 5.69 Å². The van der Waals surface area contributed by atoms with E-state index in [0.29, 0.717) is 12.8 Å². The maximum atomic E-state index is 12.9. The van der Waals surface area contributed by atoms with Gasteiger partial charge in [-0.3, -0.25) is 10.1 Å². The Balaban J connectivity index is 2.48. The van der Waals surface area contributed by atoms with Crippen molar-refractivity contribution in [2.24, 2.45) is 5.73 Å². The third kappa shape index (κ3) is 2.86. The van der Waals surface area contributed by atoms with Gasteiger partial charge in [-0.1, -0.05) is 31.4 Å². The second-order valence-electron chi connectivity index (χ2n) is 5.69. The Bertz CT molecular complexity index is 654. The van der Waals surface area contributed by atoms with Crippen LogP contribution in [0.2, 0.25) is 0 Å². The van der Waals surface area contributed by atoms with Gasteiger partial charge < -0.3 is 5.73 Å². The quantitative estimate of drug-likeness (QED) is 0.656. The average molecular weight is 327 g/mol. The number of nitrogens with two attached hydrogens (primary N) is 1. The molecular weight excluding hydrogens is 306 g/mol. The van der Waals surface area contributed by atoms with Gasteiger partial charge in [-0.25, -0.2) is 8.42 Å². The molecule has 0 bridgehead atoms. The van der Waals surface area contributed by atoms with E-state index in [9.17, 15) is 18.5 Å². The molecule has 1 fully saturated rings. The molecule has 8 heteroatoms. The van der Waals surface area contributed by atoms with E-state index >= 15 is 0 Å². The summed E-state index contributed by atoms with van der Waals surface area (Å²) >= 11 is 0. The zero-order valence-corrected chi connectivity index (χ0v) is 13.4. The van der Waals surface area contributed by atoms with Gasteiger partial charge in [0, 0.05) is 25.2 Å². The molecule has 0 unspecified atom stereocenters. The number of likely N-dealkylation sites (N-methyl/N-ethyl adjacent to an activating group) is 1. The van der Waals surface area contributed by atoms with Crippen LogP contribution in [0, 0.1) is 10.1 Å². The Morgan fingerprint density at radius 2 is 1.86 bits per heavy atom. The zero-order valence-electron chi connectivity index (χ0n) is 12.6. The fourth-order valence-electron chi connectivity index (χ4n) is 3.09. The first-order valence-corrected chi connectivity index (χ1v) is 8.72. The van der Waals surface area contributed by atoms with Crippen LogP contribution in [0.1, 0.15) is 32.1 Å². The lowest BCUT2D eigenvalue weighted by Gasteiger charge is -2.42. The van der Waals surface area contributed by atoms with Gasteiger partial charge in [0.15, 0.2) is 4.90 Å². The Morgan fingerprint density at radius 1 is 1.27 bits per heavy atom. The van der Waals surface area contributed by atoms with Crippen molar-refractivity contribution in [2.75, 3.05) is 13.6 Å². The van der Waals surface area contributed by atoms with Crippen molar-refractivity contribution in [2.45, 2.75) is 42.5 Å². The zero-order chi connectivity index (χ0) is 16.4. The van der Waals surface area contributed by atoms with Gasteiger partial charge in [-0.05, 0) is 18.9 Å². The van der Waals surface area contributed by atoms with Crippen LogP contribution in [0.15, 0.2) is 29.2 Å². The summed E-state index contributed by atoms with van der Waals surface area (Å²) in [4.78, 5) is 10.2. The van der Waals surface area contributed by atoms with Crippen LogP contribution < -0.4 is 5.73 Å². The summed E-state index contributed by atoms with van der Waals surface area (Å²) in [6, 6.07) is 5.42. The number of nitro benzene ring substituents is 1. The number of nitrogens with zero attached hydrogens (tertiary/aromatic N) is 2. The fraction of sp³-hybridized carbons (Fsp3) is 0.571. The first-order chi connectivity index (χ1) is 10.3. The van der Waals surface area contributed by atoms with E-state index in [1.165, 1.54) is 35.6 Å². The summed E-state index contributed by atoms with van der Waals surface area (Å²) in [5.74, 6) is 0. The molecule has 0 heterocycles. The van der Waals surface area contributed by atoms with Crippen LogP contribution in [0.5, 0.6) is 0 Å². The highest BCUT2D eigenvalue weighted by Crippen LogP contribution is 2.37. The molecule has 0 radical (unpaired) electrons. The van der Waals surface area contributed by atoms with Gasteiger partial charge >= 0.3 is 0 Å². The van der Waals surface area contributed by atoms with Crippen LogP contribution in [-0.2, 0) is 10.0 Å². The van der Waals surface area contributed by atoms with E-state index in [4.69, 9.17) is 5.73 Å². The number of hydrogen-bond acceptors (Lipinski definition) is 5. The van der Waals surface area contributed by atoms with Crippen molar-refractivity contribution in [3.63, 3.8) is 0 Å². The molecule has 7 nitrogen and oxygen atoms in total. The van der Waals surface area contributed by atoms with E-state index < -0.39 is 26.2 Å². The highest BCUT2D eigenvalue weighted by atomic mass is 32.2. The minimum atomic E-state index is -3.97. The minimum Gasteiger partial charge on any atom is -0.329 e. The minimum absolute atomic E-state index is 0.212. The maximum Gasteiger partial charge on any atom is 0.289 e. The topological polar surface area (TPSA) is 107 Å². The molecule has 1 aliphatic carbocycles. The van der Waals surface area contributed by atoms with Crippen molar-refractivity contribution in [1.29, 1.82) is 0 Å². The molecule has 22 heavy (non-hydrogen) atoms. The number of nitro groups is 1. The molecule has 2 N–H and O–H groups in total. The molecule has 1 saturated carbocycles. The summed E-state index contributed by atoms with van der Waals surface area (Å²) in [6.07, 6.45) is 4.24. The SMILES string of the molecule is CN(C1(CN)CCCCC1)S(=O)(=O)c1ccccc1[N+](=O)[O-]. The van der Waals surface area contributed by atoms with E-state index in [-0.39, 0.29) is 11.4 Å². The summed E-state index contributed by atoms with van der Waals surface area (Å²) in [6.45, 7) is 0.212. The van der Waals surface area contributed by atoms with Crippen LogP contribution >= 0.6 is 0 Å². The molecule has 0 spiro atoms. The summed E-state index contributed by atoms with van der Waals surface area (Å²) in [7, 11) is -2.50. The smallest absolute Gasteiger partial charge is 0.289 e. The van der Waals surface area contributed by atoms with Crippen molar-refractivity contribution in [3.8, 4) is 0 Å². The Kier molecular flexibility index (Phi) is 4.84. The predicted octanol–water partition coefficient (Wildman–Crippen LogP) is 1.88. The second kappa shape index (κ2) is 6.31. The molecule has 1 aliphatic rings. The van der Waals surface area contributed by atoms with Crippen LogP contribution in [0.4, 0.5) is 5.69 Å².